The molecule has 0 fully saturated rings. The standard InChI is InChI=1S/C7H6N2O2.C6H10O3.C3H4N2O.K.H2O/c1-4-2-6(10)9-7(11)5(4)3-8;1-3-9-6(8)4-5(2)7;4-2-1-3(5)6;;/h2H,1H3,(H2,9,10,11);3-4H2,1-2H3;1H2,(H2,5,6);;1H2/q;;;+1;/p-1. The second-order valence-electron chi connectivity index (χ2n) is 4.64. The normalized spacial score (nSPS) is 7.75. The van der Waals surface area contributed by atoms with Gasteiger partial charge in [0.2, 0.25) is 11.8 Å². The number of ether oxygens (including phenoxy) is 1. The molecule has 0 atom stereocenters. The van der Waals surface area contributed by atoms with E-state index >= 15 is 0 Å². The number of Topliss-reactive ketones (excluding diaryl/α,β-unsaturated/α-hetero) is 1. The quantitative estimate of drug-likeness (QED) is 0.256. The van der Waals surface area contributed by atoms with E-state index in [2.05, 4.69) is 15.5 Å². The van der Waals surface area contributed by atoms with Crippen LogP contribution in [0.2, 0.25) is 0 Å². The predicted molar refractivity (Wildman–Crippen MR) is 91.5 cm³/mol. The minimum Gasteiger partial charge on any atom is -0.870 e. The van der Waals surface area contributed by atoms with Crippen LogP contribution in [-0.2, 0) is 19.1 Å². The Kier molecular flexibility index (Phi) is 23.6. The number of nitrogens with zero attached hydrogens (tertiary/aromatic N) is 2. The third-order valence-electron chi connectivity index (χ3n) is 2.28. The van der Waals surface area contributed by atoms with Gasteiger partial charge in [-0.1, -0.05) is 0 Å². The molecule has 0 spiro atoms. The summed E-state index contributed by atoms with van der Waals surface area (Å²) < 4.78 is 4.49. The number of hydrogen-bond acceptors (Lipinski definition) is 9. The first-order valence-corrected chi connectivity index (χ1v) is 7.22. The van der Waals surface area contributed by atoms with E-state index in [4.69, 9.17) is 15.6 Å². The predicted octanol–water partition coefficient (Wildman–Crippen LogP) is -3.00. The minimum atomic E-state index is -0.572. The van der Waals surface area contributed by atoms with E-state index < -0.39 is 17.4 Å². The number of nitriles is 2. The Bertz CT molecular complexity index is 752. The van der Waals surface area contributed by atoms with Crippen molar-refractivity contribution in [2.75, 3.05) is 6.61 Å². The van der Waals surface area contributed by atoms with Crippen molar-refractivity contribution < 1.29 is 81.1 Å². The van der Waals surface area contributed by atoms with Crippen LogP contribution in [0.3, 0.4) is 0 Å². The number of aromatic amines is 1. The molecule has 11 nitrogen and oxygen atoms in total. The number of ketones is 1. The van der Waals surface area contributed by atoms with Gasteiger partial charge in [-0.2, -0.15) is 10.5 Å². The van der Waals surface area contributed by atoms with Gasteiger partial charge in [0.1, 0.15) is 30.3 Å². The number of primary amides is 1. The summed E-state index contributed by atoms with van der Waals surface area (Å²) in [5.74, 6) is -1.53. The molecule has 0 saturated carbocycles. The van der Waals surface area contributed by atoms with Crippen LogP contribution in [0, 0.1) is 29.6 Å². The summed E-state index contributed by atoms with van der Waals surface area (Å²) in [6.45, 7) is 4.99. The Morgan fingerprint density at radius 2 is 1.86 bits per heavy atom. The number of esters is 1. The van der Waals surface area contributed by atoms with Crippen LogP contribution in [-0.4, -0.2) is 39.8 Å². The smallest absolute Gasteiger partial charge is 0.870 e. The SMILES string of the molecule is CCOC(=O)CC(C)=O.Cc1cc(=O)[nH]c(O)c1C#N.N#CCC(N)=O.[K+].[OH-]. The fourth-order valence-corrected chi connectivity index (χ4v) is 1.31. The number of nitrogens with two attached hydrogens (primary N) is 1. The van der Waals surface area contributed by atoms with E-state index in [1.807, 2.05) is 0 Å². The van der Waals surface area contributed by atoms with E-state index in [9.17, 15) is 19.2 Å². The minimum absolute atomic E-state index is 0. The van der Waals surface area contributed by atoms with Gasteiger partial charge >= 0.3 is 57.4 Å². The zero-order valence-corrected chi connectivity index (χ0v) is 19.2. The first kappa shape index (κ1) is 33.5. The van der Waals surface area contributed by atoms with E-state index in [0.717, 1.165) is 0 Å². The monoisotopic (exact) mass is 420 g/mol. The summed E-state index contributed by atoms with van der Waals surface area (Å²) in [7, 11) is 0. The summed E-state index contributed by atoms with van der Waals surface area (Å²) in [6.07, 6.45) is -0.284. The van der Waals surface area contributed by atoms with Crippen molar-refractivity contribution in [2.24, 2.45) is 5.73 Å². The molecule has 0 bridgehead atoms. The largest absolute Gasteiger partial charge is 1.00 e. The Morgan fingerprint density at radius 1 is 1.32 bits per heavy atom. The average Bonchev–Trinajstić information content (AvgIpc) is 2.47. The molecule has 5 N–H and O–H groups in total. The molecule has 1 aromatic rings. The molecule has 1 amide bonds. The second kappa shape index (κ2) is 19.7. The van der Waals surface area contributed by atoms with Crippen LogP contribution in [0.1, 0.15) is 37.8 Å². The maximum absolute atomic E-state index is 10.7. The Hall–Kier alpha value is -2.06. The van der Waals surface area contributed by atoms with Gasteiger partial charge in [0.25, 0.3) is 5.56 Å². The van der Waals surface area contributed by atoms with Gasteiger partial charge in [0.05, 0.1) is 12.7 Å². The summed E-state index contributed by atoms with van der Waals surface area (Å²) in [5, 5.41) is 25.1. The molecule has 0 unspecified atom stereocenters. The number of aromatic hydroxyl groups is 1. The fraction of sp³-hybridized carbons (Fsp3) is 0.375. The van der Waals surface area contributed by atoms with Crippen molar-refractivity contribution in [1.82, 2.24) is 4.98 Å². The molecule has 0 aliphatic rings. The molecule has 1 heterocycles. The van der Waals surface area contributed by atoms with E-state index in [0.29, 0.717) is 12.2 Å². The topological polar surface area (TPSA) is 217 Å². The molecule has 0 saturated heterocycles. The zero-order valence-electron chi connectivity index (χ0n) is 16.1. The second-order valence-corrected chi connectivity index (χ2v) is 4.64. The molecule has 1 aromatic heterocycles. The number of hydrogen-bond donors (Lipinski definition) is 3. The Balaban J connectivity index is -0.000000155. The number of aryl methyl sites for hydroxylation is 1. The van der Waals surface area contributed by atoms with Crippen molar-refractivity contribution in [2.45, 2.75) is 33.6 Å². The number of carbonyl (C=O) groups is 3. The van der Waals surface area contributed by atoms with Gasteiger partial charge < -0.3 is 21.1 Å². The van der Waals surface area contributed by atoms with Crippen molar-refractivity contribution >= 4 is 17.7 Å². The molecule has 0 aliphatic heterocycles. The maximum Gasteiger partial charge on any atom is 1.00 e. The van der Waals surface area contributed by atoms with Gasteiger partial charge in [-0.05, 0) is 26.3 Å². The maximum atomic E-state index is 10.7. The number of aromatic nitrogens is 1. The van der Waals surface area contributed by atoms with Crippen LogP contribution >= 0.6 is 0 Å². The van der Waals surface area contributed by atoms with E-state index in [1.165, 1.54) is 13.0 Å². The van der Waals surface area contributed by atoms with Crippen molar-refractivity contribution in [3.05, 3.63) is 27.5 Å². The number of H-pyrrole nitrogens is 1. The third kappa shape index (κ3) is 18.7. The van der Waals surface area contributed by atoms with Gasteiger partial charge in [-0.15, -0.1) is 0 Å². The van der Waals surface area contributed by atoms with Crippen LogP contribution in [0.15, 0.2) is 10.9 Å². The number of carbonyl (C=O) groups excluding carboxylic acids is 3. The van der Waals surface area contributed by atoms with Crippen molar-refractivity contribution in [1.29, 1.82) is 10.5 Å². The van der Waals surface area contributed by atoms with Crippen LogP contribution < -0.4 is 62.7 Å². The first-order chi connectivity index (χ1) is 12.1. The first-order valence-electron chi connectivity index (χ1n) is 7.22. The summed E-state index contributed by atoms with van der Waals surface area (Å²) in [4.78, 5) is 43.0. The molecular weight excluding hydrogens is 399 g/mol. The summed E-state index contributed by atoms with van der Waals surface area (Å²) in [6, 6.07) is 4.63. The number of rotatable bonds is 4. The molecule has 28 heavy (non-hydrogen) atoms. The third-order valence-corrected chi connectivity index (χ3v) is 2.28. The van der Waals surface area contributed by atoms with Gasteiger partial charge in [-0.25, -0.2) is 0 Å². The molecule has 0 aliphatic carbocycles. The Labute approximate surface area is 204 Å². The zero-order chi connectivity index (χ0) is 20.7. The van der Waals surface area contributed by atoms with Crippen molar-refractivity contribution in [3.63, 3.8) is 0 Å². The van der Waals surface area contributed by atoms with E-state index in [-0.39, 0.29) is 86.9 Å². The Morgan fingerprint density at radius 3 is 2.14 bits per heavy atom. The summed E-state index contributed by atoms with van der Waals surface area (Å²) >= 11 is 0. The molecule has 0 aromatic carbocycles. The van der Waals surface area contributed by atoms with Gasteiger partial charge in [0.15, 0.2) is 0 Å². The molecule has 1 rings (SSSR count). The molecular formula is C16H21KN4O7. The molecule has 12 heteroatoms. The fourth-order valence-electron chi connectivity index (χ4n) is 1.31. The summed E-state index contributed by atoms with van der Waals surface area (Å²) in [5.41, 5.74) is 4.73. The number of amides is 1. The van der Waals surface area contributed by atoms with Crippen molar-refractivity contribution in [3.8, 4) is 18.0 Å². The molecule has 0 radical (unpaired) electrons. The number of nitrogens with one attached hydrogen (secondary N) is 1. The van der Waals surface area contributed by atoms with Crippen LogP contribution in [0.5, 0.6) is 5.88 Å². The van der Waals surface area contributed by atoms with Gasteiger partial charge in [-0.3, -0.25) is 24.2 Å². The number of pyridine rings is 1. The average molecular weight is 420 g/mol. The molecule has 148 valence electrons. The van der Waals surface area contributed by atoms with Crippen LogP contribution in [0.4, 0.5) is 0 Å². The van der Waals surface area contributed by atoms with Gasteiger partial charge in [0, 0.05) is 6.07 Å². The van der Waals surface area contributed by atoms with Crippen LogP contribution in [0.25, 0.3) is 0 Å². The van der Waals surface area contributed by atoms with E-state index in [1.54, 1.807) is 26.0 Å².